The average molecular weight is 338 g/mol. The van der Waals surface area contributed by atoms with Crippen LogP contribution in [0, 0.1) is 6.92 Å². The van der Waals surface area contributed by atoms with Crippen molar-refractivity contribution in [2.45, 2.75) is 53.4 Å². The van der Waals surface area contributed by atoms with Gasteiger partial charge in [-0.15, -0.1) is 0 Å². The van der Waals surface area contributed by atoms with Crippen molar-refractivity contribution < 1.29 is 14.0 Å². The van der Waals surface area contributed by atoms with Gasteiger partial charge >= 0.3 is 0 Å². The molecule has 0 saturated heterocycles. The van der Waals surface area contributed by atoms with Gasteiger partial charge in [-0.05, 0) is 70.7 Å². The van der Waals surface area contributed by atoms with Gasteiger partial charge in [0.1, 0.15) is 5.76 Å². The van der Waals surface area contributed by atoms with E-state index in [0.29, 0.717) is 17.6 Å². The van der Waals surface area contributed by atoms with Crippen LogP contribution >= 0.6 is 0 Å². The molecule has 3 nitrogen and oxygen atoms in total. The molecule has 0 radical (unpaired) electrons. The van der Waals surface area contributed by atoms with E-state index in [1.807, 2.05) is 13.0 Å². The van der Waals surface area contributed by atoms with Gasteiger partial charge in [0.15, 0.2) is 11.6 Å². The molecule has 0 aromatic carbocycles. The third kappa shape index (κ3) is 5.86. The maximum Gasteiger partial charge on any atom is 0.182 e. The summed E-state index contributed by atoms with van der Waals surface area (Å²) in [6, 6.07) is 2.06. The summed E-state index contributed by atoms with van der Waals surface area (Å²) in [5.74, 6) is 0.882. The maximum atomic E-state index is 11.9. The summed E-state index contributed by atoms with van der Waals surface area (Å²) in [6.07, 6.45) is 12.2. The number of hydrogen-bond acceptors (Lipinski definition) is 3. The van der Waals surface area contributed by atoms with Gasteiger partial charge in [0.2, 0.25) is 0 Å². The van der Waals surface area contributed by atoms with Crippen molar-refractivity contribution >= 4 is 11.6 Å². The molecule has 25 heavy (non-hydrogen) atoms. The van der Waals surface area contributed by atoms with Gasteiger partial charge in [-0.3, -0.25) is 9.59 Å². The van der Waals surface area contributed by atoms with Crippen LogP contribution in [0.5, 0.6) is 0 Å². The molecule has 2 rings (SSSR count). The second kappa shape index (κ2) is 8.61. The van der Waals surface area contributed by atoms with Crippen molar-refractivity contribution in [3.8, 4) is 0 Å². The highest BCUT2D eigenvalue weighted by molar-refractivity contribution is 6.19. The minimum absolute atomic E-state index is 0.0503. The molecule has 1 aliphatic rings. The Morgan fingerprint density at radius 1 is 1.04 bits per heavy atom. The Bertz CT molecular complexity index is 782. The van der Waals surface area contributed by atoms with Crippen molar-refractivity contribution in [1.82, 2.24) is 0 Å². The standard InChI is InChI=1S/C22H26O3/c1-15(8-9-19-13-21(23)18(4)12-22(19)24)6-5-7-16(2)10-20-11-17(3)14-25-20/h7-8,11-14H,5-6,9-10H2,1-4H3/b15-8+,16-7+. The number of furan rings is 1. The molecule has 1 heterocycles. The lowest BCUT2D eigenvalue weighted by Gasteiger charge is -2.08. The number of aryl methyl sites for hydroxylation is 1. The fraction of sp³-hybridized carbons (Fsp3) is 0.364. The lowest BCUT2D eigenvalue weighted by Crippen LogP contribution is -2.11. The summed E-state index contributed by atoms with van der Waals surface area (Å²) < 4.78 is 5.47. The van der Waals surface area contributed by atoms with E-state index in [2.05, 4.69) is 26.0 Å². The highest BCUT2D eigenvalue weighted by Crippen LogP contribution is 2.18. The van der Waals surface area contributed by atoms with Crippen LogP contribution in [-0.2, 0) is 16.0 Å². The molecule has 0 N–H and O–H groups in total. The van der Waals surface area contributed by atoms with Crippen LogP contribution in [0.25, 0.3) is 0 Å². The first kappa shape index (κ1) is 18.9. The molecule has 0 aliphatic heterocycles. The fourth-order valence-electron chi connectivity index (χ4n) is 2.73. The van der Waals surface area contributed by atoms with Gasteiger partial charge in [-0.25, -0.2) is 0 Å². The van der Waals surface area contributed by atoms with Crippen molar-refractivity contribution in [2.24, 2.45) is 0 Å². The van der Waals surface area contributed by atoms with E-state index in [4.69, 9.17) is 4.42 Å². The zero-order valence-corrected chi connectivity index (χ0v) is 15.5. The zero-order chi connectivity index (χ0) is 18.4. The van der Waals surface area contributed by atoms with Crippen LogP contribution in [0.3, 0.4) is 0 Å². The summed E-state index contributed by atoms with van der Waals surface area (Å²) in [6.45, 7) is 7.88. The van der Waals surface area contributed by atoms with Crippen molar-refractivity contribution in [3.05, 3.63) is 70.2 Å². The Labute approximate surface area is 149 Å². The van der Waals surface area contributed by atoms with Gasteiger partial charge in [0.25, 0.3) is 0 Å². The third-order valence-electron chi connectivity index (χ3n) is 4.30. The van der Waals surface area contributed by atoms with Crippen molar-refractivity contribution in [1.29, 1.82) is 0 Å². The fourth-order valence-corrected chi connectivity index (χ4v) is 2.73. The largest absolute Gasteiger partial charge is 0.469 e. The molecular weight excluding hydrogens is 312 g/mol. The van der Waals surface area contributed by atoms with E-state index < -0.39 is 0 Å². The second-order valence-electron chi connectivity index (χ2n) is 6.84. The highest BCUT2D eigenvalue weighted by Gasteiger charge is 2.16. The first-order valence-corrected chi connectivity index (χ1v) is 8.68. The SMILES string of the molecule is CC1=CC(=O)C(C/C=C(\C)CC/C=C(\C)Cc2cc(C)co2)=CC1=O. The number of carbonyl (C=O) groups excluding carboxylic acids is 2. The minimum Gasteiger partial charge on any atom is -0.469 e. The van der Waals surface area contributed by atoms with E-state index in [0.717, 1.165) is 30.6 Å². The molecule has 0 unspecified atom stereocenters. The molecule has 0 spiro atoms. The third-order valence-corrected chi connectivity index (χ3v) is 4.30. The monoisotopic (exact) mass is 338 g/mol. The summed E-state index contributed by atoms with van der Waals surface area (Å²) in [4.78, 5) is 23.6. The predicted molar refractivity (Wildman–Crippen MR) is 100 cm³/mol. The Balaban J connectivity index is 1.81. The summed E-state index contributed by atoms with van der Waals surface area (Å²) in [5.41, 5.74) is 4.76. The minimum atomic E-state index is -0.0626. The first-order chi connectivity index (χ1) is 11.8. The van der Waals surface area contributed by atoms with E-state index in [-0.39, 0.29) is 11.6 Å². The van der Waals surface area contributed by atoms with Crippen molar-refractivity contribution in [3.63, 3.8) is 0 Å². The quantitative estimate of drug-likeness (QED) is 0.506. The van der Waals surface area contributed by atoms with Crippen molar-refractivity contribution in [2.75, 3.05) is 0 Å². The smallest absolute Gasteiger partial charge is 0.182 e. The molecule has 0 atom stereocenters. The molecule has 1 aromatic rings. The molecule has 0 fully saturated rings. The second-order valence-corrected chi connectivity index (χ2v) is 6.84. The molecule has 1 aromatic heterocycles. The normalized spacial score (nSPS) is 16.2. The predicted octanol–water partition coefficient (Wildman–Crippen LogP) is 5.22. The first-order valence-electron chi connectivity index (χ1n) is 8.68. The topological polar surface area (TPSA) is 47.3 Å². The highest BCUT2D eigenvalue weighted by atomic mass is 16.3. The number of allylic oxidation sites excluding steroid dienone is 8. The molecule has 3 heteroatoms. The molecule has 0 amide bonds. The lowest BCUT2D eigenvalue weighted by atomic mass is 9.95. The van der Waals surface area contributed by atoms with Crippen LogP contribution in [0.1, 0.15) is 51.4 Å². The van der Waals surface area contributed by atoms with Gasteiger partial charge in [-0.1, -0.05) is 23.3 Å². The number of ketones is 2. The van der Waals surface area contributed by atoms with Crippen LogP contribution in [0.4, 0.5) is 0 Å². The average Bonchev–Trinajstić information content (AvgIpc) is 2.94. The number of hydrogen-bond donors (Lipinski definition) is 0. The van der Waals surface area contributed by atoms with Gasteiger partial charge in [0.05, 0.1) is 6.26 Å². The van der Waals surface area contributed by atoms with Gasteiger partial charge in [-0.2, -0.15) is 0 Å². The molecule has 0 bridgehead atoms. The molecular formula is C22H26O3. The van der Waals surface area contributed by atoms with E-state index in [9.17, 15) is 9.59 Å². The summed E-state index contributed by atoms with van der Waals surface area (Å²) in [5, 5.41) is 0. The Hall–Kier alpha value is -2.42. The maximum absolute atomic E-state index is 11.9. The lowest BCUT2D eigenvalue weighted by molar-refractivity contribution is -0.115. The molecule has 132 valence electrons. The summed E-state index contributed by atoms with van der Waals surface area (Å²) in [7, 11) is 0. The Kier molecular flexibility index (Phi) is 6.51. The van der Waals surface area contributed by atoms with Gasteiger partial charge < -0.3 is 4.42 Å². The van der Waals surface area contributed by atoms with Crippen LogP contribution < -0.4 is 0 Å². The van der Waals surface area contributed by atoms with E-state index in [1.54, 1.807) is 13.2 Å². The summed E-state index contributed by atoms with van der Waals surface area (Å²) >= 11 is 0. The Morgan fingerprint density at radius 3 is 2.48 bits per heavy atom. The number of rotatable bonds is 7. The van der Waals surface area contributed by atoms with Crippen LogP contribution in [0.15, 0.2) is 63.3 Å². The number of carbonyl (C=O) groups is 2. The zero-order valence-electron chi connectivity index (χ0n) is 15.5. The molecule has 0 saturated carbocycles. The van der Waals surface area contributed by atoms with E-state index >= 15 is 0 Å². The Morgan fingerprint density at radius 2 is 1.80 bits per heavy atom. The van der Waals surface area contributed by atoms with Crippen LogP contribution in [0.2, 0.25) is 0 Å². The molecule has 1 aliphatic carbocycles. The van der Waals surface area contributed by atoms with E-state index in [1.165, 1.54) is 23.3 Å². The van der Waals surface area contributed by atoms with Gasteiger partial charge in [0, 0.05) is 17.6 Å². The van der Waals surface area contributed by atoms with Crippen LogP contribution in [-0.4, -0.2) is 11.6 Å².